The molecule has 1 heterocycles. The summed E-state index contributed by atoms with van der Waals surface area (Å²) in [4.78, 5) is 51.2. The number of aliphatic imine (C=N–C) groups is 1. The van der Waals surface area contributed by atoms with Crippen LogP contribution in [0.25, 0.3) is 10.9 Å². The molecule has 71 heavy (non-hydrogen) atoms. The summed E-state index contributed by atoms with van der Waals surface area (Å²) >= 11 is 17.5. The van der Waals surface area contributed by atoms with Crippen molar-refractivity contribution in [1.82, 2.24) is 4.98 Å². The summed E-state index contributed by atoms with van der Waals surface area (Å²) in [6.07, 6.45) is -0.0948. The highest BCUT2D eigenvalue weighted by atomic mass is 35.5. The molecule has 0 aliphatic rings. The summed E-state index contributed by atoms with van der Waals surface area (Å²) in [7, 11) is 0. The van der Waals surface area contributed by atoms with E-state index in [1.165, 1.54) is 6.07 Å². The van der Waals surface area contributed by atoms with Crippen molar-refractivity contribution >= 4 is 95.2 Å². The van der Waals surface area contributed by atoms with Gasteiger partial charge in [-0.25, -0.2) is 10.4 Å². The van der Waals surface area contributed by atoms with Crippen LogP contribution in [0.3, 0.4) is 0 Å². The zero-order chi connectivity index (χ0) is 52.1. The topological polar surface area (TPSA) is 257 Å². The van der Waals surface area contributed by atoms with Gasteiger partial charge in [0.1, 0.15) is 12.8 Å². The van der Waals surface area contributed by atoms with E-state index >= 15 is 0 Å². The number of hydrogen-bond acceptors (Lipinski definition) is 15. The van der Waals surface area contributed by atoms with Gasteiger partial charge < -0.3 is 61.4 Å². The number of pyridine rings is 1. The van der Waals surface area contributed by atoms with Gasteiger partial charge in [0.15, 0.2) is 23.6 Å². The number of nitrogens with one attached hydrogen (secondary N) is 1. The Bertz CT molecular complexity index is 2110. The molecule has 4 rings (SSSR count). The van der Waals surface area contributed by atoms with Crippen molar-refractivity contribution < 1.29 is 70.5 Å². The van der Waals surface area contributed by atoms with Crippen LogP contribution in [0.4, 0.5) is 11.4 Å². The van der Waals surface area contributed by atoms with Crippen LogP contribution in [0.15, 0.2) is 82.6 Å². The standard InChI is InChI=1S/C13H16ClNO3.C11H10ClNO2.C7H13NO3.C6H6ClN.C5H7NO2.C4H10O.C2H6O.CH4.B.ClH/c1-3-17-12(9-13(16)18-4-2)15-11-8-6-5-7-10(11)14;1-2-15-10-6-9(14)7-4-3-5-8(12)11(7)13-10;1-3-10-6(8)5-7(9)11-4-2;7-5-3-1-2-4-6(5)8;1-2-8-5(7)3-4-6;1-3-5-4-2;1-2-3;;;/h5-8H,3-4,9H2,1-2H3;3-6H,2H2,1H3,(H,13,14);8H,3-5H2,1-2H3;1-4H,8H2;2-3H2,1H3;3-4H2,1-2H3;3H,2H2,1H3;1H4;;1H. The summed E-state index contributed by atoms with van der Waals surface area (Å²) in [6.45, 7) is 20.8. The van der Waals surface area contributed by atoms with Crippen molar-refractivity contribution in [2.24, 2.45) is 4.99 Å². The second-order valence-corrected chi connectivity index (χ2v) is 13.3. The Hall–Kier alpha value is -5.55. The molecule has 0 saturated carbocycles. The number of aliphatic hydroxyl groups excluding tert-OH is 1. The van der Waals surface area contributed by atoms with Gasteiger partial charge in [-0.3, -0.25) is 19.2 Å². The van der Waals surface area contributed by atoms with Gasteiger partial charge in [0, 0.05) is 39.7 Å². The molecule has 1 aromatic heterocycles. The Morgan fingerprint density at radius 3 is 1.61 bits per heavy atom. The van der Waals surface area contributed by atoms with Gasteiger partial charge in [-0.15, -0.1) is 0 Å². The first-order chi connectivity index (χ1) is 32.5. The number of carbonyl (C=O) groups excluding carboxylic acids is 3. The van der Waals surface area contributed by atoms with Gasteiger partial charge in [-0.2, -0.15) is 5.26 Å². The Morgan fingerprint density at radius 1 is 0.690 bits per heavy atom. The van der Waals surface area contributed by atoms with Crippen LogP contribution >= 0.6 is 34.8 Å². The summed E-state index contributed by atoms with van der Waals surface area (Å²) in [6, 6.07) is 22.7. The smallest absolute Gasteiger partial charge is 0.344 e. The molecular weight excluding hydrogens is 1000 g/mol. The molecule has 0 spiro atoms. The predicted molar refractivity (Wildman–Crippen MR) is 282 cm³/mol. The van der Waals surface area contributed by atoms with E-state index in [-0.39, 0.29) is 77.4 Å². The average molecular weight is 1080 g/mol. The molecule has 0 atom stereocenters. The number of aromatic amines is 1. The molecule has 0 fully saturated rings. The Morgan fingerprint density at radius 2 is 1.17 bits per heavy atom. The number of hydrogen-bond donors (Lipinski definition) is 4. The van der Waals surface area contributed by atoms with E-state index in [9.17, 15) is 19.2 Å². The van der Waals surface area contributed by atoms with Gasteiger partial charge >= 0.3 is 23.8 Å². The zero-order valence-electron chi connectivity index (χ0n) is 41.5. The fourth-order valence-electron chi connectivity index (χ4n) is 4.29. The number of fused-ring (bicyclic) bond motifs is 1. The first kappa shape index (κ1) is 76.9. The number of H-pyrrole nitrogens is 1. The molecule has 22 heteroatoms. The summed E-state index contributed by atoms with van der Waals surface area (Å²) in [5, 5.41) is 23.0. The van der Waals surface area contributed by atoms with Crippen molar-refractivity contribution in [3.8, 4) is 11.9 Å². The number of nitrogen functional groups attached to an aromatic ring is 1. The lowest BCUT2D eigenvalue weighted by Crippen LogP contribution is -3.00. The summed E-state index contributed by atoms with van der Waals surface area (Å²) in [5.74, 6) is -0.191. The Labute approximate surface area is 443 Å². The third kappa shape index (κ3) is 41.9. The lowest BCUT2D eigenvalue weighted by Gasteiger charge is -2.07. The molecule has 0 unspecified atom stereocenters. The SMILES string of the molecule is C.CCO.CCOC(=O)CC#N.CCOC(=O)CC(=Nc1ccccc1Cl)OCC.CCOC(=[NH2+])CC(=O)OCC.CCOCC.CCOc1cc(=O)c2cccc(Cl)c2[nH]1.Nc1ccccc1Cl.[B].[Cl-]. The van der Waals surface area contributed by atoms with Crippen LogP contribution in [0.5, 0.6) is 5.88 Å². The van der Waals surface area contributed by atoms with Crippen LogP contribution in [0.2, 0.25) is 15.1 Å². The molecule has 17 nitrogen and oxygen atoms in total. The number of ether oxygens (including phenoxy) is 7. The summed E-state index contributed by atoms with van der Waals surface area (Å²) < 4.78 is 34.1. The molecule has 0 aliphatic carbocycles. The molecule has 3 radical (unpaired) electrons. The second-order valence-electron chi connectivity index (χ2n) is 12.1. The fourth-order valence-corrected chi connectivity index (χ4v) is 4.83. The highest BCUT2D eigenvalue weighted by Gasteiger charge is 2.12. The lowest BCUT2D eigenvalue weighted by molar-refractivity contribution is -0.154. The van der Waals surface area contributed by atoms with Gasteiger partial charge in [0.05, 0.1) is 77.7 Å². The van der Waals surface area contributed by atoms with E-state index in [2.05, 4.69) is 19.5 Å². The molecular formula is C49H73BCl4N5O12. The number of halogens is 4. The van der Waals surface area contributed by atoms with Crippen LogP contribution in [-0.2, 0) is 42.8 Å². The van der Waals surface area contributed by atoms with Crippen molar-refractivity contribution in [3.63, 3.8) is 0 Å². The minimum absolute atomic E-state index is 0. The highest BCUT2D eigenvalue weighted by Crippen LogP contribution is 2.24. The Kier molecular flexibility index (Phi) is 56.6. The molecule has 0 bridgehead atoms. The van der Waals surface area contributed by atoms with E-state index in [1.807, 2.05) is 52.0 Å². The summed E-state index contributed by atoms with van der Waals surface area (Å²) in [5.41, 5.74) is 7.13. The number of nitrogens with two attached hydrogens (primary N) is 2. The maximum Gasteiger partial charge on any atom is 0.344 e. The van der Waals surface area contributed by atoms with Crippen LogP contribution in [-0.4, -0.2) is 108 Å². The molecule has 4 aromatic rings. The van der Waals surface area contributed by atoms with Gasteiger partial charge in [-0.1, -0.05) is 72.6 Å². The molecule has 3 aromatic carbocycles. The number of benzene rings is 3. The van der Waals surface area contributed by atoms with E-state index in [0.29, 0.717) is 88.8 Å². The number of aromatic nitrogens is 1. The first-order valence-electron chi connectivity index (χ1n) is 21.7. The van der Waals surface area contributed by atoms with Crippen molar-refractivity contribution in [3.05, 3.63) is 98.1 Å². The number of aliphatic hydroxyl groups is 1. The number of rotatable bonds is 15. The predicted octanol–water partition coefficient (Wildman–Crippen LogP) is 5.76. The average Bonchev–Trinajstić information content (AvgIpc) is 3.28. The largest absolute Gasteiger partial charge is 1.00 e. The quantitative estimate of drug-likeness (QED) is 0.0276. The second kappa shape index (κ2) is 52.3. The highest BCUT2D eigenvalue weighted by molar-refractivity contribution is 6.35. The van der Waals surface area contributed by atoms with Crippen LogP contribution in [0.1, 0.15) is 89.0 Å². The molecule has 6 N–H and O–H groups in total. The van der Waals surface area contributed by atoms with E-state index in [0.717, 1.165) is 13.2 Å². The third-order valence-electron chi connectivity index (χ3n) is 6.89. The number of carbonyl (C=O) groups is 3. The normalized spacial score (nSPS) is 9.15. The number of para-hydroxylation sites is 3. The van der Waals surface area contributed by atoms with E-state index in [4.69, 9.17) is 80.0 Å². The minimum Gasteiger partial charge on any atom is -1.00 e. The van der Waals surface area contributed by atoms with Crippen molar-refractivity contribution in [2.45, 2.75) is 89.0 Å². The number of esters is 3. The van der Waals surface area contributed by atoms with Gasteiger partial charge in [0.2, 0.25) is 0 Å². The van der Waals surface area contributed by atoms with Crippen LogP contribution in [0, 0.1) is 11.3 Å². The number of nitriles is 1. The van der Waals surface area contributed by atoms with Crippen molar-refractivity contribution in [2.75, 3.05) is 65.2 Å². The molecule has 397 valence electrons. The monoisotopic (exact) mass is 1070 g/mol. The maximum atomic E-state index is 11.7. The number of anilines is 1. The van der Waals surface area contributed by atoms with Gasteiger partial charge in [-0.05, 0) is 98.7 Å². The zero-order valence-corrected chi connectivity index (χ0v) is 44.5. The first-order valence-corrected chi connectivity index (χ1v) is 22.8. The van der Waals surface area contributed by atoms with Crippen molar-refractivity contribution in [1.29, 1.82) is 5.26 Å². The Balaban J connectivity index is -0.000000182. The fraction of sp³-hybridized carbons (Fsp3) is 0.449. The molecule has 0 saturated heterocycles. The van der Waals surface area contributed by atoms with E-state index in [1.54, 1.807) is 83.2 Å². The van der Waals surface area contributed by atoms with E-state index < -0.39 is 5.97 Å². The third-order valence-corrected chi connectivity index (χ3v) is 7.87. The lowest BCUT2D eigenvalue weighted by atomic mass is 10.2. The van der Waals surface area contributed by atoms with Gasteiger partial charge in [0.25, 0.3) is 0 Å². The number of nitrogens with zero attached hydrogens (tertiary/aromatic N) is 2. The van der Waals surface area contributed by atoms with Crippen LogP contribution < -0.4 is 33.7 Å². The molecule has 0 aliphatic heterocycles. The maximum absolute atomic E-state index is 11.7. The molecule has 0 amide bonds. The minimum atomic E-state index is -0.449.